The minimum Gasteiger partial charge on any atom is -0.316 e. The van der Waals surface area contributed by atoms with E-state index in [-0.39, 0.29) is 0 Å². The molecule has 0 aliphatic carbocycles. The molecule has 1 rings (SSSR count). The number of piperidine rings is 1. The van der Waals surface area contributed by atoms with Gasteiger partial charge in [-0.05, 0) is 32.2 Å². The van der Waals surface area contributed by atoms with Crippen LogP contribution in [0.2, 0.25) is 0 Å². The van der Waals surface area contributed by atoms with Gasteiger partial charge >= 0.3 is 0 Å². The number of hydrogen-bond acceptors (Lipinski definition) is 1. The first kappa shape index (κ1) is 8.54. The number of nitrogens with one attached hydrogen (secondary N) is 1. The van der Waals surface area contributed by atoms with Crippen LogP contribution >= 0.6 is 0 Å². The van der Waals surface area contributed by atoms with Crippen molar-refractivity contribution in [1.29, 1.82) is 0 Å². The Bertz CT molecular complexity index is 141. The van der Waals surface area contributed by atoms with Crippen molar-refractivity contribution in [3.05, 3.63) is 24.3 Å². The van der Waals surface area contributed by atoms with Gasteiger partial charge in [0.25, 0.3) is 0 Å². The van der Waals surface area contributed by atoms with Gasteiger partial charge in [0, 0.05) is 6.54 Å². The maximum Gasteiger partial charge on any atom is 0.00143 e. The highest BCUT2D eigenvalue weighted by molar-refractivity contribution is 5.04. The molecule has 0 aromatic carbocycles. The van der Waals surface area contributed by atoms with E-state index in [2.05, 4.69) is 29.6 Å². The van der Waals surface area contributed by atoms with E-state index in [4.69, 9.17) is 0 Å². The van der Waals surface area contributed by atoms with Crippen LogP contribution in [0, 0.1) is 5.92 Å². The van der Waals surface area contributed by atoms with Crippen molar-refractivity contribution in [2.75, 3.05) is 13.1 Å². The van der Waals surface area contributed by atoms with Crippen LogP contribution in [0.1, 0.15) is 19.8 Å². The third-order valence-corrected chi connectivity index (χ3v) is 2.02. The van der Waals surface area contributed by atoms with E-state index < -0.39 is 0 Å². The minimum atomic E-state index is 0.764. The molecule has 1 atom stereocenters. The topological polar surface area (TPSA) is 12.0 Å². The van der Waals surface area contributed by atoms with Crippen LogP contribution in [-0.2, 0) is 0 Å². The van der Waals surface area contributed by atoms with E-state index >= 15 is 0 Å². The summed E-state index contributed by atoms with van der Waals surface area (Å²) >= 11 is 0. The lowest BCUT2D eigenvalue weighted by atomic mass is 9.99. The van der Waals surface area contributed by atoms with Gasteiger partial charge in [0.2, 0.25) is 0 Å². The van der Waals surface area contributed by atoms with Crippen LogP contribution in [0.15, 0.2) is 24.3 Å². The molecule has 0 amide bonds. The second kappa shape index (κ2) is 5.14. The first-order valence-corrected chi connectivity index (χ1v) is 4.43. The molecular formula is C10H17N. The van der Waals surface area contributed by atoms with Crippen LogP contribution in [0.25, 0.3) is 0 Å². The zero-order chi connectivity index (χ0) is 7.94. The van der Waals surface area contributed by atoms with Gasteiger partial charge in [-0.3, -0.25) is 0 Å². The fourth-order valence-electron chi connectivity index (χ4n) is 1.38. The maximum absolute atomic E-state index is 3.39. The zero-order valence-electron chi connectivity index (χ0n) is 7.22. The molecule has 1 aliphatic rings. The lowest BCUT2D eigenvalue weighted by Crippen LogP contribution is -2.28. The first-order valence-electron chi connectivity index (χ1n) is 4.43. The summed E-state index contributed by atoms with van der Waals surface area (Å²) in [5.41, 5.74) is 0. The SMILES string of the molecule is CC=CC=CC1CCCNC1. The quantitative estimate of drug-likeness (QED) is 0.596. The van der Waals surface area contributed by atoms with Crippen molar-refractivity contribution < 1.29 is 0 Å². The third-order valence-electron chi connectivity index (χ3n) is 2.02. The first-order chi connectivity index (χ1) is 5.43. The second-order valence-electron chi connectivity index (χ2n) is 3.02. The predicted molar refractivity (Wildman–Crippen MR) is 49.5 cm³/mol. The Kier molecular flexibility index (Phi) is 3.99. The smallest absolute Gasteiger partial charge is 0.00143 e. The standard InChI is InChI=1S/C10H17N/c1-2-3-4-6-10-7-5-8-11-9-10/h2-4,6,10-11H,5,7-9H2,1H3. The van der Waals surface area contributed by atoms with Crippen LogP contribution in [-0.4, -0.2) is 13.1 Å². The van der Waals surface area contributed by atoms with E-state index in [0.29, 0.717) is 0 Å². The van der Waals surface area contributed by atoms with Crippen molar-refractivity contribution in [3.8, 4) is 0 Å². The third kappa shape index (κ3) is 3.38. The van der Waals surface area contributed by atoms with E-state index in [9.17, 15) is 0 Å². The number of rotatable bonds is 2. The normalized spacial score (nSPS) is 26.8. The molecule has 0 radical (unpaired) electrons. The Labute approximate surface area is 69.2 Å². The molecule has 62 valence electrons. The Balaban J connectivity index is 2.23. The summed E-state index contributed by atoms with van der Waals surface area (Å²) < 4.78 is 0. The molecule has 0 bridgehead atoms. The van der Waals surface area contributed by atoms with Crippen LogP contribution in [0.5, 0.6) is 0 Å². The Hall–Kier alpha value is -0.560. The molecule has 11 heavy (non-hydrogen) atoms. The Morgan fingerprint density at radius 3 is 2.91 bits per heavy atom. The van der Waals surface area contributed by atoms with E-state index in [1.807, 2.05) is 6.92 Å². The van der Waals surface area contributed by atoms with Gasteiger partial charge in [-0.25, -0.2) is 0 Å². The summed E-state index contributed by atoms with van der Waals surface area (Å²) in [5, 5.41) is 3.39. The van der Waals surface area contributed by atoms with Crippen LogP contribution in [0.3, 0.4) is 0 Å². The molecule has 0 aromatic rings. The summed E-state index contributed by atoms with van der Waals surface area (Å²) in [7, 11) is 0. The largest absolute Gasteiger partial charge is 0.316 e. The lowest BCUT2D eigenvalue weighted by Gasteiger charge is -2.18. The highest BCUT2D eigenvalue weighted by Gasteiger charge is 2.07. The Morgan fingerprint density at radius 2 is 2.27 bits per heavy atom. The van der Waals surface area contributed by atoms with E-state index in [1.165, 1.54) is 19.4 Å². The molecular weight excluding hydrogens is 134 g/mol. The second-order valence-corrected chi connectivity index (χ2v) is 3.02. The van der Waals surface area contributed by atoms with Crippen molar-refractivity contribution in [2.45, 2.75) is 19.8 Å². The highest BCUT2D eigenvalue weighted by Crippen LogP contribution is 2.10. The summed E-state index contributed by atoms with van der Waals surface area (Å²) in [4.78, 5) is 0. The predicted octanol–water partition coefficient (Wildman–Crippen LogP) is 2.12. The van der Waals surface area contributed by atoms with Crippen molar-refractivity contribution in [2.24, 2.45) is 5.92 Å². The summed E-state index contributed by atoms with van der Waals surface area (Å²) in [6.45, 7) is 4.41. The van der Waals surface area contributed by atoms with E-state index in [0.717, 1.165) is 12.5 Å². The fourth-order valence-corrected chi connectivity index (χ4v) is 1.38. The lowest BCUT2D eigenvalue weighted by molar-refractivity contribution is 0.438. The van der Waals surface area contributed by atoms with Gasteiger partial charge in [-0.15, -0.1) is 0 Å². The average Bonchev–Trinajstić information content (AvgIpc) is 2.07. The van der Waals surface area contributed by atoms with E-state index in [1.54, 1.807) is 0 Å². The van der Waals surface area contributed by atoms with Crippen molar-refractivity contribution in [1.82, 2.24) is 5.32 Å². The molecule has 1 saturated heterocycles. The van der Waals surface area contributed by atoms with Gasteiger partial charge in [-0.1, -0.05) is 24.3 Å². The molecule has 0 aromatic heterocycles. The summed E-state index contributed by atoms with van der Waals surface area (Å²) in [6.07, 6.45) is 11.3. The zero-order valence-corrected chi connectivity index (χ0v) is 7.22. The van der Waals surface area contributed by atoms with Crippen LogP contribution in [0.4, 0.5) is 0 Å². The molecule has 1 N–H and O–H groups in total. The van der Waals surface area contributed by atoms with Crippen molar-refractivity contribution in [3.63, 3.8) is 0 Å². The van der Waals surface area contributed by atoms with Gasteiger partial charge in [-0.2, -0.15) is 0 Å². The number of allylic oxidation sites excluding steroid dienone is 3. The minimum absolute atomic E-state index is 0.764. The van der Waals surface area contributed by atoms with Crippen LogP contribution < -0.4 is 5.32 Å². The van der Waals surface area contributed by atoms with Gasteiger partial charge in [0.1, 0.15) is 0 Å². The van der Waals surface area contributed by atoms with Gasteiger partial charge in [0.15, 0.2) is 0 Å². The molecule has 1 heteroatoms. The molecule has 1 aliphatic heterocycles. The van der Waals surface area contributed by atoms with Crippen molar-refractivity contribution >= 4 is 0 Å². The monoisotopic (exact) mass is 151 g/mol. The number of hydrogen-bond donors (Lipinski definition) is 1. The molecule has 1 heterocycles. The highest BCUT2D eigenvalue weighted by atomic mass is 14.9. The average molecular weight is 151 g/mol. The summed E-state index contributed by atoms with van der Waals surface area (Å²) in [5.74, 6) is 0.764. The summed E-state index contributed by atoms with van der Waals surface area (Å²) in [6, 6.07) is 0. The van der Waals surface area contributed by atoms with Gasteiger partial charge in [0.05, 0.1) is 0 Å². The molecule has 1 unspecified atom stereocenters. The maximum atomic E-state index is 3.39. The fraction of sp³-hybridized carbons (Fsp3) is 0.600. The molecule has 0 spiro atoms. The van der Waals surface area contributed by atoms with Gasteiger partial charge < -0.3 is 5.32 Å². The molecule has 1 nitrogen and oxygen atoms in total. The Morgan fingerprint density at radius 1 is 1.36 bits per heavy atom. The molecule has 0 saturated carbocycles. The molecule has 1 fully saturated rings.